The van der Waals surface area contributed by atoms with E-state index >= 15 is 0 Å². The molecule has 3 nitrogen and oxygen atoms in total. The summed E-state index contributed by atoms with van der Waals surface area (Å²) < 4.78 is 5.66. The normalized spacial score (nSPS) is 15.9. The second-order valence-electron chi connectivity index (χ2n) is 4.11. The average molecular weight is 192 g/mol. The highest BCUT2D eigenvalue weighted by atomic mass is 16.5. The van der Waals surface area contributed by atoms with Crippen LogP contribution in [0.3, 0.4) is 0 Å². The molecular formula is C11H16N2O. The second-order valence-corrected chi connectivity index (χ2v) is 4.11. The molecule has 0 amide bonds. The van der Waals surface area contributed by atoms with Crippen LogP contribution in [-0.2, 0) is 0 Å². The van der Waals surface area contributed by atoms with Crippen LogP contribution in [0.1, 0.15) is 38.2 Å². The number of ether oxygens (including phenoxy) is 1. The Balaban J connectivity index is 2.25. The Hall–Kier alpha value is -1.25. The molecule has 1 fully saturated rings. The molecule has 0 aromatic carbocycles. The summed E-state index contributed by atoms with van der Waals surface area (Å²) in [5, 5.41) is 0. The van der Waals surface area contributed by atoms with Crippen LogP contribution in [-0.4, -0.2) is 11.1 Å². The number of nitrogens with zero attached hydrogens (tertiary/aromatic N) is 1. The van der Waals surface area contributed by atoms with E-state index in [1.807, 2.05) is 6.20 Å². The summed E-state index contributed by atoms with van der Waals surface area (Å²) in [6.45, 7) is 4.21. The van der Waals surface area contributed by atoms with Crippen LogP contribution in [0.4, 0.5) is 5.69 Å². The highest BCUT2D eigenvalue weighted by Crippen LogP contribution is 2.33. The van der Waals surface area contributed by atoms with E-state index in [1.165, 1.54) is 0 Å². The SMILES string of the molecule is CC(C)c1cncc(OC2CC2)c1N. The van der Waals surface area contributed by atoms with E-state index in [4.69, 9.17) is 10.5 Å². The first kappa shape index (κ1) is 9.31. The summed E-state index contributed by atoms with van der Waals surface area (Å²) in [4.78, 5) is 4.14. The number of nitrogens with two attached hydrogens (primary N) is 1. The Morgan fingerprint density at radius 3 is 2.71 bits per heavy atom. The topological polar surface area (TPSA) is 48.1 Å². The fraction of sp³-hybridized carbons (Fsp3) is 0.545. The van der Waals surface area contributed by atoms with Gasteiger partial charge in [0.05, 0.1) is 18.0 Å². The van der Waals surface area contributed by atoms with E-state index in [1.54, 1.807) is 6.20 Å². The maximum atomic E-state index is 6.00. The molecule has 1 aromatic rings. The Morgan fingerprint density at radius 2 is 2.14 bits per heavy atom. The molecule has 1 aliphatic carbocycles. The molecule has 0 saturated heterocycles. The van der Waals surface area contributed by atoms with E-state index in [0.29, 0.717) is 12.0 Å². The maximum absolute atomic E-state index is 6.00. The third-order valence-electron chi connectivity index (χ3n) is 2.42. The standard InChI is InChI=1S/C11H16N2O/c1-7(2)9-5-13-6-10(11(9)12)14-8-3-4-8/h5-8H,3-4H2,1-2H3,(H2,12,13). The molecule has 1 aliphatic rings. The van der Waals surface area contributed by atoms with Crippen LogP contribution in [0.15, 0.2) is 12.4 Å². The molecule has 2 rings (SSSR count). The molecule has 0 atom stereocenters. The summed E-state index contributed by atoms with van der Waals surface area (Å²) in [5.41, 5.74) is 7.82. The molecule has 14 heavy (non-hydrogen) atoms. The van der Waals surface area contributed by atoms with Crippen molar-refractivity contribution in [2.24, 2.45) is 0 Å². The molecule has 1 saturated carbocycles. The van der Waals surface area contributed by atoms with Crippen LogP contribution in [0.5, 0.6) is 5.75 Å². The van der Waals surface area contributed by atoms with Crippen molar-refractivity contribution in [3.05, 3.63) is 18.0 Å². The lowest BCUT2D eigenvalue weighted by atomic mass is 10.0. The van der Waals surface area contributed by atoms with Crippen molar-refractivity contribution in [2.45, 2.75) is 38.7 Å². The molecule has 0 unspecified atom stereocenters. The van der Waals surface area contributed by atoms with Gasteiger partial charge in [0.25, 0.3) is 0 Å². The lowest BCUT2D eigenvalue weighted by Gasteiger charge is -2.13. The van der Waals surface area contributed by atoms with Gasteiger partial charge in [0.1, 0.15) is 0 Å². The Bertz CT molecular complexity index is 332. The first-order valence-electron chi connectivity index (χ1n) is 5.08. The van der Waals surface area contributed by atoms with Crippen LogP contribution in [0.2, 0.25) is 0 Å². The summed E-state index contributed by atoms with van der Waals surface area (Å²) in [5.74, 6) is 1.14. The fourth-order valence-electron chi connectivity index (χ4n) is 1.39. The summed E-state index contributed by atoms with van der Waals surface area (Å²) >= 11 is 0. The smallest absolute Gasteiger partial charge is 0.161 e. The Labute approximate surface area is 84.3 Å². The molecule has 0 aliphatic heterocycles. The van der Waals surface area contributed by atoms with Gasteiger partial charge in [0.2, 0.25) is 0 Å². The predicted molar refractivity (Wildman–Crippen MR) is 56.4 cm³/mol. The van der Waals surface area contributed by atoms with Crippen molar-refractivity contribution in [1.29, 1.82) is 0 Å². The quantitative estimate of drug-likeness (QED) is 0.799. The lowest BCUT2D eigenvalue weighted by Crippen LogP contribution is -2.04. The third-order valence-corrected chi connectivity index (χ3v) is 2.42. The van der Waals surface area contributed by atoms with Crippen molar-refractivity contribution in [3.8, 4) is 5.75 Å². The predicted octanol–water partition coefficient (Wildman–Crippen LogP) is 2.33. The Kier molecular flexibility index (Phi) is 2.32. The van der Waals surface area contributed by atoms with Gasteiger partial charge in [-0.15, -0.1) is 0 Å². The van der Waals surface area contributed by atoms with Crippen molar-refractivity contribution >= 4 is 5.69 Å². The zero-order valence-corrected chi connectivity index (χ0v) is 8.66. The van der Waals surface area contributed by atoms with Crippen molar-refractivity contribution in [1.82, 2.24) is 4.98 Å². The van der Waals surface area contributed by atoms with E-state index in [2.05, 4.69) is 18.8 Å². The number of rotatable bonds is 3. The summed E-state index contributed by atoms with van der Waals surface area (Å²) in [6, 6.07) is 0. The molecule has 0 spiro atoms. The van der Waals surface area contributed by atoms with Crippen LogP contribution < -0.4 is 10.5 Å². The molecule has 1 aromatic heterocycles. The highest BCUT2D eigenvalue weighted by molar-refractivity contribution is 5.57. The molecule has 0 radical (unpaired) electrons. The zero-order valence-electron chi connectivity index (χ0n) is 8.66. The molecule has 0 bridgehead atoms. The number of hydrogen-bond acceptors (Lipinski definition) is 3. The molecule has 2 N–H and O–H groups in total. The van der Waals surface area contributed by atoms with Crippen molar-refractivity contribution < 1.29 is 4.74 Å². The monoisotopic (exact) mass is 192 g/mol. The van der Waals surface area contributed by atoms with Gasteiger partial charge in [-0.1, -0.05) is 13.8 Å². The minimum atomic E-state index is 0.376. The van der Waals surface area contributed by atoms with Gasteiger partial charge >= 0.3 is 0 Å². The minimum Gasteiger partial charge on any atom is -0.487 e. The summed E-state index contributed by atoms with van der Waals surface area (Å²) in [7, 11) is 0. The lowest BCUT2D eigenvalue weighted by molar-refractivity contribution is 0.303. The maximum Gasteiger partial charge on any atom is 0.161 e. The number of anilines is 1. The fourth-order valence-corrected chi connectivity index (χ4v) is 1.39. The number of pyridine rings is 1. The third kappa shape index (κ3) is 1.81. The number of nitrogen functional groups attached to an aromatic ring is 1. The van der Waals surface area contributed by atoms with E-state index in [0.717, 1.165) is 29.8 Å². The highest BCUT2D eigenvalue weighted by Gasteiger charge is 2.25. The van der Waals surface area contributed by atoms with E-state index in [-0.39, 0.29) is 0 Å². The van der Waals surface area contributed by atoms with Crippen LogP contribution in [0, 0.1) is 0 Å². The van der Waals surface area contributed by atoms with Gasteiger partial charge in [-0.25, -0.2) is 0 Å². The van der Waals surface area contributed by atoms with E-state index in [9.17, 15) is 0 Å². The number of aromatic nitrogens is 1. The van der Waals surface area contributed by atoms with Crippen molar-refractivity contribution in [3.63, 3.8) is 0 Å². The van der Waals surface area contributed by atoms with E-state index < -0.39 is 0 Å². The first-order chi connectivity index (χ1) is 6.68. The first-order valence-corrected chi connectivity index (χ1v) is 5.08. The Morgan fingerprint density at radius 1 is 1.43 bits per heavy atom. The molecule has 76 valence electrons. The van der Waals surface area contributed by atoms with Gasteiger partial charge in [0, 0.05) is 6.20 Å². The molecule has 1 heterocycles. The minimum absolute atomic E-state index is 0.376. The molecular weight excluding hydrogens is 176 g/mol. The van der Waals surface area contributed by atoms with Crippen molar-refractivity contribution in [2.75, 3.05) is 5.73 Å². The largest absolute Gasteiger partial charge is 0.487 e. The average Bonchev–Trinajstić information content (AvgIpc) is 2.92. The summed E-state index contributed by atoms with van der Waals surface area (Å²) in [6.07, 6.45) is 6.19. The van der Waals surface area contributed by atoms with Gasteiger partial charge in [-0.05, 0) is 24.3 Å². The number of hydrogen-bond donors (Lipinski definition) is 1. The zero-order chi connectivity index (χ0) is 10.1. The van der Waals surface area contributed by atoms with Gasteiger partial charge in [-0.2, -0.15) is 0 Å². The van der Waals surface area contributed by atoms with Crippen LogP contribution >= 0.6 is 0 Å². The second kappa shape index (κ2) is 3.48. The molecule has 3 heteroatoms. The van der Waals surface area contributed by atoms with Gasteiger partial charge in [0.15, 0.2) is 5.75 Å². The van der Waals surface area contributed by atoms with Gasteiger partial charge < -0.3 is 10.5 Å². The van der Waals surface area contributed by atoms with Gasteiger partial charge in [-0.3, -0.25) is 4.98 Å². The van der Waals surface area contributed by atoms with Crippen LogP contribution in [0.25, 0.3) is 0 Å².